The predicted molar refractivity (Wildman–Crippen MR) is 116 cm³/mol. The molecule has 2 unspecified atom stereocenters. The highest BCUT2D eigenvalue weighted by Crippen LogP contribution is 2.16. The lowest BCUT2D eigenvalue weighted by atomic mass is 10.1. The summed E-state index contributed by atoms with van der Waals surface area (Å²) in [6.07, 6.45) is 0.817. The van der Waals surface area contributed by atoms with Crippen molar-refractivity contribution in [3.05, 3.63) is 64.7 Å². The Labute approximate surface area is 178 Å². The summed E-state index contributed by atoms with van der Waals surface area (Å²) in [5.41, 5.74) is 1.96. The van der Waals surface area contributed by atoms with Crippen molar-refractivity contribution in [2.24, 2.45) is 0 Å². The Balaban J connectivity index is 2.14. The monoisotopic (exact) mass is 416 g/mol. The molecule has 0 fully saturated rings. The summed E-state index contributed by atoms with van der Waals surface area (Å²) in [5, 5.41) is 3.53. The number of ether oxygens (including phenoxy) is 1. The van der Waals surface area contributed by atoms with E-state index in [-0.39, 0.29) is 31.0 Å². The Morgan fingerprint density at radius 3 is 2.45 bits per heavy atom. The zero-order valence-electron chi connectivity index (χ0n) is 17.4. The van der Waals surface area contributed by atoms with Gasteiger partial charge in [-0.05, 0) is 57.0 Å². The molecule has 0 radical (unpaired) electrons. The molecule has 156 valence electrons. The first-order valence-corrected chi connectivity index (χ1v) is 10.2. The number of amides is 2. The van der Waals surface area contributed by atoms with Gasteiger partial charge in [-0.2, -0.15) is 0 Å². The van der Waals surface area contributed by atoms with Crippen molar-refractivity contribution >= 4 is 23.4 Å². The fraction of sp³-hybridized carbons (Fsp3) is 0.391. The molecular formula is C23H29ClN2O3. The van der Waals surface area contributed by atoms with Gasteiger partial charge in [0.2, 0.25) is 5.91 Å². The van der Waals surface area contributed by atoms with Crippen LogP contribution in [0.3, 0.4) is 0 Å². The van der Waals surface area contributed by atoms with E-state index in [0.717, 1.165) is 17.5 Å². The fourth-order valence-electron chi connectivity index (χ4n) is 2.74. The minimum Gasteiger partial charge on any atom is -0.484 e. The third-order valence-electron chi connectivity index (χ3n) is 4.79. The molecule has 0 aliphatic carbocycles. The number of halogens is 1. The van der Waals surface area contributed by atoms with Gasteiger partial charge >= 0.3 is 0 Å². The van der Waals surface area contributed by atoms with Crippen molar-refractivity contribution in [3.8, 4) is 5.75 Å². The summed E-state index contributed by atoms with van der Waals surface area (Å²) < 4.78 is 5.65. The second-order valence-electron chi connectivity index (χ2n) is 7.25. The number of carbonyl (C=O) groups excluding carboxylic acids is 2. The zero-order chi connectivity index (χ0) is 21.4. The van der Waals surface area contributed by atoms with Crippen LogP contribution in [0.15, 0.2) is 48.5 Å². The van der Waals surface area contributed by atoms with E-state index in [0.29, 0.717) is 10.8 Å². The molecule has 1 N–H and O–H groups in total. The highest BCUT2D eigenvalue weighted by molar-refractivity contribution is 6.30. The van der Waals surface area contributed by atoms with Crippen molar-refractivity contribution < 1.29 is 14.3 Å². The van der Waals surface area contributed by atoms with Crippen molar-refractivity contribution in [1.29, 1.82) is 0 Å². The first-order chi connectivity index (χ1) is 13.8. The first kappa shape index (κ1) is 22.8. The Kier molecular flexibility index (Phi) is 8.52. The summed E-state index contributed by atoms with van der Waals surface area (Å²) in [5.74, 6) is 0.158. The second-order valence-corrected chi connectivity index (χ2v) is 7.68. The molecule has 2 aromatic carbocycles. The van der Waals surface area contributed by atoms with Crippen LogP contribution in [0.25, 0.3) is 0 Å². The number of hydrogen-bond donors (Lipinski definition) is 1. The molecule has 6 heteroatoms. The van der Waals surface area contributed by atoms with Crippen molar-refractivity contribution in [3.63, 3.8) is 0 Å². The van der Waals surface area contributed by atoms with E-state index in [1.54, 1.807) is 19.1 Å². The molecule has 2 amide bonds. The molecule has 0 bridgehead atoms. The quantitative estimate of drug-likeness (QED) is 0.660. The van der Waals surface area contributed by atoms with Crippen molar-refractivity contribution in [2.45, 2.75) is 52.7 Å². The Bertz CT molecular complexity index is 823. The number of rotatable bonds is 9. The fourth-order valence-corrected chi connectivity index (χ4v) is 2.96. The molecule has 5 nitrogen and oxygen atoms in total. The number of nitrogens with zero attached hydrogens (tertiary/aromatic N) is 1. The molecule has 2 atom stereocenters. The Morgan fingerprint density at radius 1 is 1.14 bits per heavy atom. The summed E-state index contributed by atoms with van der Waals surface area (Å²) >= 11 is 6.08. The molecule has 0 saturated carbocycles. The third kappa shape index (κ3) is 7.09. The van der Waals surface area contributed by atoms with Crippen LogP contribution in [0.2, 0.25) is 5.02 Å². The van der Waals surface area contributed by atoms with E-state index in [2.05, 4.69) is 5.32 Å². The normalized spacial score (nSPS) is 12.7. The molecule has 0 spiro atoms. The lowest BCUT2D eigenvalue weighted by Crippen LogP contribution is -2.50. The van der Waals surface area contributed by atoms with Crippen molar-refractivity contribution in [1.82, 2.24) is 10.2 Å². The third-order valence-corrected chi connectivity index (χ3v) is 5.03. The molecule has 0 aliphatic rings. The topological polar surface area (TPSA) is 58.6 Å². The van der Waals surface area contributed by atoms with Gasteiger partial charge in [0.25, 0.3) is 5.91 Å². The van der Waals surface area contributed by atoms with Gasteiger partial charge in [-0.3, -0.25) is 9.59 Å². The predicted octanol–water partition coefficient (Wildman–Crippen LogP) is 4.36. The van der Waals surface area contributed by atoms with Crippen LogP contribution in [0.5, 0.6) is 5.75 Å². The molecule has 2 aromatic rings. The summed E-state index contributed by atoms with van der Waals surface area (Å²) in [6.45, 7) is 7.77. The van der Waals surface area contributed by atoms with Crippen LogP contribution in [0, 0.1) is 6.92 Å². The van der Waals surface area contributed by atoms with E-state index in [1.807, 2.05) is 57.2 Å². The van der Waals surface area contributed by atoms with Gasteiger partial charge in [0, 0.05) is 17.6 Å². The lowest BCUT2D eigenvalue weighted by molar-refractivity contribution is -0.142. The maximum absolute atomic E-state index is 13.0. The van der Waals surface area contributed by atoms with Gasteiger partial charge in [0.05, 0.1) is 0 Å². The molecule has 0 aliphatic heterocycles. The summed E-state index contributed by atoms with van der Waals surface area (Å²) in [4.78, 5) is 27.1. The molecule has 29 heavy (non-hydrogen) atoms. The number of nitrogens with one attached hydrogen (secondary N) is 1. The zero-order valence-corrected chi connectivity index (χ0v) is 18.2. The summed E-state index contributed by atoms with van der Waals surface area (Å²) in [6, 6.07) is 14.2. The molecule has 0 saturated heterocycles. The molecule has 2 rings (SSSR count). The molecular weight excluding hydrogens is 388 g/mol. The van der Waals surface area contributed by atoms with Gasteiger partial charge in [-0.1, -0.05) is 48.4 Å². The van der Waals surface area contributed by atoms with Crippen LogP contribution in [0.4, 0.5) is 0 Å². The largest absolute Gasteiger partial charge is 0.484 e. The summed E-state index contributed by atoms with van der Waals surface area (Å²) in [7, 11) is 0. The van der Waals surface area contributed by atoms with Gasteiger partial charge < -0.3 is 15.0 Å². The maximum Gasteiger partial charge on any atom is 0.261 e. The average molecular weight is 417 g/mol. The van der Waals surface area contributed by atoms with Crippen LogP contribution < -0.4 is 10.1 Å². The second kappa shape index (κ2) is 10.9. The molecule has 0 heterocycles. The van der Waals surface area contributed by atoms with E-state index in [4.69, 9.17) is 16.3 Å². The van der Waals surface area contributed by atoms with Crippen LogP contribution in [0.1, 0.15) is 38.3 Å². The number of aryl methyl sites for hydroxylation is 1. The van der Waals surface area contributed by atoms with Gasteiger partial charge in [-0.25, -0.2) is 0 Å². The van der Waals surface area contributed by atoms with Crippen LogP contribution in [-0.2, 0) is 16.1 Å². The maximum atomic E-state index is 13.0. The first-order valence-electron chi connectivity index (χ1n) is 9.84. The van der Waals surface area contributed by atoms with E-state index < -0.39 is 6.04 Å². The minimum atomic E-state index is -0.642. The highest BCUT2D eigenvalue weighted by Gasteiger charge is 2.27. The number of benzene rings is 2. The van der Waals surface area contributed by atoms with Crippen LogP contribution >= 0.6 is 11.6 Å². The average Bonchev–Trinajstić information content (AvgIpc) is 2.70. The molecule has 0 aromatic heterocycles. The van der Waals surface area contributed by atoms with E-state index >= 15 is 0 Å². The lowest BCUT2D eigenvalue weighted by Gasteiger charge is -2.29. The van der Waals surface area contributed by atoms with Gasteiger partial charge in [0.1, 0.15) is 11.8 Å². The standard InChI is InChI=1S/C23H29ClN2O3/c1-5-17(3)25-23(28)18(4)26(14-19-7-6-8-20(24)13-19)22(27)15-29-21-11-9-16(2)10-12-21/h6-13,17-18H,5,14-15H2,1-4H3,(H,25,28). The number of carbonyl (C=O) groups is 2. The SMILES string of the molecule is CCC(C)NC(=O)C(C)N(Cc1cccc(Cl)c1)C(=O)COc1ccc(C)cc1. The van der Waals surface area contributed by atoms with Crippen LogP contribution in [-0.4, -0.2) is 35.4 Å². The van der Waals surface area contributed by atoms with E-state index in [1.165, 1.54) is 4.90 Å². The Hall–Kier alpha value is -2.53. The smallest absolute Gasteiger partial charge is 0.261 e. The Morgan fingerprint density at radius 2 is 1.83 bits per heavy atom. The highest BCUT2D eigenvalue weighted by atomic mass is 35.5. The van der Waals surface area contributed by atoms with Gasteiger partial charge in [0.15, 0.2) is 6.61 Å². The number of hydrogen-bond acceptors (Lipinski definition) is 3. The van der Waals surface area contributed by atoms with E-state index in [9.17, 15) is 9.59 Å². The van der Waals surface area contributed by atoms with Gasteiger partial charge in [-0.15, -0.1) is 0 Å². The van der Waals surface area contributed by atoms with Crippen molar-refractivity contribution in [2.75, 3.05) is 6.61 Å². The minimum absolute atomic E-state index is 0.0388.